The van der Waals surface area contributed by atoms with Crippen molar-refractivity contribution in [3.8, 4) is 0 Å². The summed E-state index contributed by atoms with van der Waals surface area (Å²) in [4.78, 5) is 2.61. The van der Waals surface area contributed by atoms with Crippen LogP contribution in [0, 0.1) is 11.8 Å². The molecule has 1 heterocycles. The lowest BCUT2D eigenvalue weighted by atomic mass is 9.86. The van der Waals surface area contributed by atoms with Gasteiger partial charge in [-0.2, -0.15) is 0 Å². The van der Waals surface area contributed by atoms with Crippen molar-refractivity contribution >= 4 is 0 Å². The molecule has 0 radical (unpaired) electrons. The molecule has 2 N–H and O–H groups in total. The highest BCUT2D eigenvalue weighted by molar-refractivity contribution is 4.93. The highest BCUT2D eigenvalue weighted by atomic mass is 16.5. The van der Waals surface area contributed by atoms with Crippen molar-refractivity contribution in [2.45, 2.75) is 63.8 Å². The van der Waals surface area contributed by atoms with Gasteiger partial charge in [0.15, 0.2) is 0 Å². The van der Waals surface area contributed by atoms with Crippen LogP contribution in [0.4, 0.5) is 0 Å². The average Bonchev–Trinajstić information content (AvgIpc) is 2.71. The Bertz CT molecular complexity index is 278. The van der Waals surface area contributed by atoms with Crippen LogP contribution in [-0.4, -0.2) is 43.8 Å². The van der Waals surface area contributed by atoms with E-state index in [1.807, 2.05) is 0 Å². The Hall–Kier alpha value is -0.120. The zero-order chi connectivity index (χ0) is 14.4. The van der Waals surface area contributed by atoms with Crippen LogP contribution in [-0.2, 0) is 4.74 Å². The van der Waals surface area contributed by atoms with Crippen LogP contribution in [0.1, 0.15) is 58.3 Å². The van der Waals surface area contributed by atoms with Gasteiger partial charge in [-0.3, -0.25) is 4.90 Å². The molecule has 2 aliphatic rings. The van der Waals surface area contributed by atoms with Crippen molar-refractivity contribution in [3.63, 3.8) is 0 Å². The molecule has 2 unspecified atom stereocenters. The summed E-state index contributed by atoms with van der Waals surface area (Å²) in [7, 11) is 2.31. The van der Waals surface area contributed by atoms with E-state index in [1.54, 1.807) is 0 Å². The Balaban J connectivity index is 1.93. The number of likely N-dealkylation sites (N-methyl/N-ethyl adjacent to an activating group) is 1. The summed E-state index contributed by atoms with van der Waals surface area (Å²) in [5.74, 6) is 1.74. The first-order valence-electron chi connectivity index (χ1n) is 8.69. The molecule has 0 bridgehead atoms. The van der Waals surface area contributed by atoms with Crippen molar-refractivity contribution < 1.29 is 4.74 Å². The standard InChI is InChI=1S/C17H34N2O/c1-3-15-5-4-9-17(14-18,10-6-15)19(2)13-16-7-11-20-12-8-16/h15-16H,3-14,18H2,1-2H3. The number of rotatable bonds is 5. The van der Waals surface area contributed by atoms with Gasteiger partial charge < -0.3 is 10.5 Å². The second kappa shape index (κ2) is 7.77. The molecule has 0 aromatic rings. The Labute approximate surface area is 125 Å². The van der Waals surface area contributed by atoms with E-state index in [-0.39, 0.29) is 5.54 Å². The van der Waals surface area contributed by atoms with Gasteiger partial charge in [-0.1, -0.05) is 26.2 Å². The highest BCUT2D eigenvalue weighted by Crippen LogP contribution is 2.35. The van der Waals surface area contributed by atoms with E-state index in [0.29, 0.717) is 0 Å². The van der Waals surface area contributed by atoms with Gasteiger partial charge in [-0.15, -0.1) is 0 Å². The van der Waals surface area contributed by atoms with Gasteiger partial charge >= 0.3 is 0 Å². The molecule has 1 aliphatic carbocycles. The molecule has 20 heavy (non-hydrogen) atoms. The molecule has 0 spiro atoms. The number of nitrogens with zero attached hydrogens (tertiary/aromatic N) is 1. The summed E-state index contributed by atoms with van der Waals surface area (Å²) in [6.45, 7) is 6.27. The maximum atomic E-state index is 6.23. The molecule has 118 valence electrons. The molecule has 3 heteroatoms. The molecule has 2 rings (SSSR count). The fraction of sp³-hybridized carbons (Fsp3) is 1.00. The number of hydrogen-bond donors (Lipinski definition) is 1. The van der Waals surface area contributed by atoms with Crippen LogP contribution in [0.15, 0.2) is 0 Å². The fourth-order valence-corrected chi connectivity index (χ4v) is 4.12. The Morgan fingerprint density at radius 3 is 2.50 bits per heavy atom. The number of ether oxygens (including phenoxy) is 1. The maximum Gasteiger partial charge on any atom is 0.0469 e. The third kappa shape index (κ3) is 3.96. The van der Waals surface area contributed by atoms with Crippen LogP contribution in [0.25, 0.3) is 0 Å². The van der Waals surface area contributed by atoms with Gasteiger partial charge in [0.05, 0.1) is 0 Å². The molecule has 0 amide bonds. The monoisotopic (exact) mass is 282 g/mol. The van der Waals surface area contributed by atoms with Gasteiger partial charge in [0.2, 0.25) is 0 Å². The Morgan fingerprint density at radius 2 is 1.85 bits per heavy atom. The molecule has 2 fully saturated rings. The van der Waals surface area contributed by atoms with Crippen molar-refractivity contribution in [3.05, 3.63) is 0 Å². The van der Waals surface area contributed by atoms with Crippen LogP contribution in [0.3, 0.4) is 0 Å². The lowest BCUT2D eigenvalue weighted by Gasteiger charge is -2.43. The molecule has 2 atom stereocenters. The maximum absolute atomic E-state index is 6.23. The number of nitrogens with two attached hydrogens (primary N) is 1. The molecule has 1 saturated carbocycles. The van der Waals surface area contributed by atoms with Crippen LogP contribution in [0.2, 0.25) is 0 Å². The summed E-state index contributed by atoms with van der Waals surface area (Å²) in [5, 5.41) is 0. The predicted octanol–water partition coefficient (Wildman–Crippen LogP) is 3.03. The molecule has 3 nitrogen and oxygen atoms in total. The minimum atomic E-state index is 0.266. The normalized spacial score (nSPS) is 33.3. The van der Waals surface area contributed by atoms with E-state index in [1.165, 1.54) is 57.9 Å². The molecule has 1 aliphatic heterocycles. The predicted molar refractivity (Wildman–Crippen MR) is 84.8 cm³/mol. The van der Waals surface area contributed by atoms with Crippen molar-refractivity contribution in [2.75, 3.05) is 33.4 Å². The van der Waals surface area contributed by atoms with Crippen molar-refractivity contribution in [2.24, 2.45) is 17.6 Å². The highest BCUT2D eigenvalue weighted by Gasteiger charge is 2.36. The minimum Gasteiger partial charge on any atom is -0.381 e. The van der Waals surface area contributed by atoms with E-state index in [2.05, 4.69) is 18.9 Å². The first-order chi connectivity index (χ1) is 9.70. The minimum absolute atomic E-state index is 0.266. The lowest BCUT2D eigenvalue weighted by Crippen LogP contribution is -2.53. The summed E-state index contributed by atoms with van der Waals surface area (Å²) >= 11 is 0. The van der Waals surface area contributed by atoms with Gasteiger partial charge in [-0.05, 0) is 51.0 Å². The zero-order valence-corrected chi connectivity index (χ0v) is 13.6. The van der Waals surface area contributed by atoms with Gasteiger partial charge in [0.1, 0.15) is 0 Å². The van der Waals surface area contributed by atoms with E-state index in [4.69, 9.17) is 10.5 Å². The third-order valence-electron chi connectivity index (χ3n) is 5.91. The van der Waals surface area contributed by atoms with Crippen molar-refractivity contribution in [1.29, 1.82) is 0 Å². The largest absolute Gasteiger partial charge is 0.381 e. The smallest absolute Gasteiger partial charge is 0.0469 e. The van der Waals surface area contributed by atoms with Crippen LogP contribution >= 0.6 is 0 Å². The zero-order valence-electron chi connectivity index (χ0n) is 13.6. The van der Waals surface area contributed by atoms with E-state index in [0.717, 1.165) is 31.6 Å². The quantitative estimate of drug-likeness (QED) is 0.788. The first kappa shape index (κ1) is 16.3. The molecule has 0 aromatic carbocycles. The number of hydrogen-bond acceptors (Lipinski definition) is 3. The SMILES string of the molecule is CCC1CCCC(CN)(N(C)CC2CCOCC2)CC1. The van der Waals surface area contributed by atoms with Gasteiger partial charge in [-0.25, -0.2) is 0 Å². The van der Waals surface area contributed by atoms with E-state index >= 15 is 0 Å². The Kier molecular flexibility index (Phi) is 6.31. The Morgan fingerprint density at radius 1 is 1.10 bits per heavy atom. The average molecular weight is 282 g/mol. The molecule has 1 saturated heterocycles. The second-order valence-corrected chi connectivity index (χ2v) is 7.07. The van der Waals surface area contributed by atoms with Crippen LogP contribution in [0.5, 0.6) is 0 Å². The van der Waals surface area contributed by atoms with E-state index in [9.17, 15) is 0 Å². The van der Waals surface area contributed by atoms with Gasteiger partial charge in [0.25, 0.3) is 0 Å². The summed E-state index contributed by atoms with van der Waals surface area (Å²) in [6.07, 6.45) is 10.5. The summed E-state index contributed by atoms with van der Waals surface area (Å²) in [5.41, 5.74) is 6.50. The molecular formula is C17H34N2O. The second-order valence-electron chi connectivity index (χ2n) is 7.07. The van der Waals surface area contributed by atoms with Gasteiger partial charge in [0, 0.05) is 31.8 Å². The van der Waals surface area contributed by atoms with Crippen LogP contribution < -0.4 is 5.73 Å². The molecular weight excluding hydrogens is 248 g/mol. The first-order valence-corrected chi connectivity index (χ1v) is 8.69. The topological polar surface area (TPSA) is 38.5 Å². The summed E-state index contributed by atoms with van der Waals surface area (Å²) in [6, 6.07) is 0. The fourth-order valence-electron chi connectivity index (χ4n) is 4.12. The lowest BCUT2D eigenvalue weighted by molar-refractivity contribution is 0.0293. The van der Waals surface area contributed by atoms with E-state index < -0.39 is 0 Å². The molecule has 0 aromatic heterocycles. The summed E-state index contributed by atoms with van der Waals surface area (Å²) < 4.78 is 5.48. The van der Waals surface area contributed by atoms with Crippen molar-refractivity contribution in [1.82, 2.24) is 4.90 Å². The third-order valence-corrected chi connectivity index (χ3v) is 5.91.